The van der Waals surface area contributed by atoms with Gasteiger partial charge in [0.1, 0.15) is 5.82 Å². The molecule has 2 heterocycles. The normalized spacial score (nSPS) is 25.1. The van der Waals surface area contributed by atoms with Gasteiger partial charge in [-0.05, 0) is 42.3 Å². The second-order valence-electron chi connectivity index (χ2n) is 7.64. The minimum Gasteiger partial charge on any atom is -0.353 e. The standard InChI is InChI=1S/C22H24FN5O3/c1-2-12-5-3-4-6-16(12)25-20(30)15-11-17(29)26-19-18(15)21(31)28-22(27-19)24-14-9-7-13(23)8-10-14/h3-10,15,18-19,22,24,27H,2,11H2,1H3,(H,25,30)(H,26,29)(H,28,31). The summed E-state index contributed by atoms with van der Waals surface area (Å²) in [4.78, 5) is 38.2. The van der Waals surface area contributed by atoms with E-state index < -0.39 is 24.3 Å². The molecule has 2 aromatic carbocycles. The van der Waals surface area contributed by atoms with Crippen molar-refractivity contribution < 1.29 is 18.8 Å². The molecule has 0 bridgehead atoms. The third kappa shape index (κ3) is 4.51. The van der Waals surface area contributed by atoms with Crippen LogP contribution in [-0.2, 0) is 20.8 Å². The number of amides is 3. The van der Waals surface area contributed by atoms with Crippen molar-refractivity contribution in [3.05, 3.63) is 59.9 Å². The van der Waals surface area contributed by atoms with Gasteiger partial charge < -0.3 is 21.3 Å². The first-order valence-electron chi connectivity index (χ1n) is 10.2. The summed E-state index contributed by atoms with van der Waals surface area (Å²) in [5.41, 5.74) is 2.24. The molecule has 162 valence electrons. The van der Waals surface area contributed by atoms with Gasteiger partial charge in [-0.1, -0.05) is 25.1 Å². The molecule has 31 heavy (non-hydrogen) atoms. The molecule has 3 amide bonds. The first-order valence-corrected chi connectivity index (χ1v) is 10.2. The summed E-state index contributed by atoms with van der Waals surface area (Å²) in [6.07, 6.45) is -0.744. The average Bonchev–Trinajstić information content (AvgIpc) is 2.75. The zero-order valence-corrected chi connectivity index (χ0v) is 16.9. The van der Waals surface area contributed by atoms with E-state index >= 15 is 0 Å². The number of carbonyl (C=O) groups excluding carboxylic acids is 3. The van der Waals surface area contributed by atoms with Crippen molar-refractivity contribution in [2.45, 2.75) is 32.2 Å². The lowest BCUT2D eigenvalue weighted by molar-refractivity contribution is -0.144. The van der Waals surface area contributed by atoms with Crippen LogP contribution in [0, 0.1) is 17.7 Å². The number of rotatable bonds is 5. The molecule has 5 N–H and O–H groups in total. The van der Waals surface area contributed by atoms with Gasteiger partial charge in [0.05, 0.1) is 18.0 Å². The van der Waals surface area contributed by atoms with Crippen LogP contribution in [0.5, 0.6) is 0 Å². The largest absolute Gasteiger partial charge is 0.353 e. The van der Waals surface area contributed by atoms with E-state index in [0.717, 1.165) is 12.0 Å². The summed E-state index contributed by atoms with van der Waals surface area (Å²) < 4.78 is 13.1. The highest BCUT2D eigenvalue weighted by molar-refractivity contribution is 6.00. The molecule has 2 aliphatic heterocycles. The highest BCUT2D eigenvalue weighted by Gasteiger charge is 2.48. The predicted octanol–water partition coefficient (Wildman–Crippen LogP) is 1.52. The Labute approximate surface area is 179 Å². The van der Waals surface area contributed by atoms with Crippen LogP contribution >= 0.6 is 0 Å². The van der Waals surface area contributed by atoms with Crippen LogP contribution < -0.4 is 26.6 Å². The van der Waals surface area contributed by atoms with Gasteiger partial charge in [-0.2, -0.15) is 0 Å². The van der Waals surface area contributed by atoms with E-state index in [1.54, 1.807) is 6.07 Å². The smallest absolute Gasteiger partial charge is 0.229 e. The Bertz CT molecular complexity index is 997. The molecule has 2 saturated heterocycles. The van der Waals surface area contributed by atoms with Gasteiger partial charge in [-0.25, -0.2) is 4.39 Å². The van der Waals surface area contributed by atoms with Crippen molar-refractivity contribution in [1.82, 2.24) is 16.0 Å². The minimum absolute atomic E-state index is 0.0769. The molecule has 0 aromatic heterocycles. The number of fused-ring (bicyclic) bond motifs is 1. The molecule has 0 saturated carbocycles. The van der Waals surface area contributed by atoms with Crippen molar-refractivity contribution in [3.63, 3.8) is 0 Å². The fourth-order valence-electron chi connectivity index (χ4n) is 4.04. The number of aryl methyl sites for hydroxylation is 1. The van der Waals surface area contributed by atoms with Crippen LogP contribution in [-0.4, -0.2) is 30.2 Å². The molecule has 8 nitrogen and oxygen atoms in total. The third-order valence-electron chi connectivity index (χ3n) is 5.60. The molecule has 2 fully saturated rings. The monoisotopic (exact) mass is 425 g/mol. The molecule has 2 aliphatic rings. The molecular weight excluding hydrogens is 401 g/mol. The van der Waals surface area contributed by atoms with E-state index in [1.165, 1.54) is 24.3 Å². The van der Waals surface area contributed by atoms with E-state index in [0.29, 0.717) is 11.4 Å². The number of hydrogen-bond acceptors (Lipinski definition) is 5. The lowest BCUT2D eigenvalue weighted by Crippen LogP contribution is -2.72. The molecule has 4 atom stereocenters. The summed E-state index contributed by atoms with van der Waals surface area (Å²) in [6.45, 7) is 1.99. The number of piperidine rings is 1. The number of nitrogens with one attached hydrogen (secondary N) is 5. The molecular formula is C22H24FN5O3. The summed E-state index contributed by atoms with van der Waals surface area (Å²) in [7, 11) is 0. The fourth-order valence-corrected chi connectivity index (χ4v) is 4.04. The van der Waals surface area contributed by atoms with E-state index in [2.05, 4.69) is 26.6 Å². The van der Waals surface area contributed by atoms with E-state index in [1.807, 2.05) is 25.1 Å². The van der Waals surface area contributed by atoms with Gasteiger partial charge in [0.2, 0.25) is 17.7 Å². The van der Waals surface area contributed by atoms with E-state index in [4.69, 9.17) is 0 Å². The minimum atomic E-state index is -0.817. The van der Waals surface area contributed by atoms with Gasteiger partial charge in [0.15, 0.2) is 6.29 Å². The van der Waals surface area contributed by atoms with Crippen LogP contribution in [0.15, 0.2) is 48.5 Å². The van der Waals surface area contributed by atoms with Gasteiger partial charge in [-0.15, -0.1) is 0 Å². The molecule has 0 aliphatic carbocycles. The Balaban J connectivity index is 1.49. The topological polar surface area (TPSA) is 111 Å². The summed E-state index contributed by atoms with van der Waals surface area (Å²) in [5.74, 6) is -2.99. The predicted molar refractivity (Wildman–Crippen MR) is 113 cm³/mol. The highest BCUT2D eigenvalue weighted by Crippen LogP contribution is 2.28. The Hall–Kier alpha value is -3.46. The maximum Gasteiger partial charge on any atom is 0.229 e. The first-order chi connectivity index (χ1) is 14.9. The second-order valence-corrected chi connectivity index (χ2v) is 7.64. The molecule has 0 radical (unpaired) electrons. The molecule has 2 aromatic rings. The average molecular weight is 425 g/mol. The van der Waals surface area contributed by atoms with Crippen molar-refractivity contribution in [2.24, 2.45) is 11.8 Å². The molecule has 4 unspecified atom stereocenters. The Morgan fingerprint density at radius 3 is 2.58 bits per heavy atom. The van der Waals surface area contributed by atoms with Crippen molar-refractivity contribution >= 4 is 29.1 Å². The first kappa shape index (κ1) is 20.8. The Kier molecular flexibility index (Phi) is 5.85. The summed E-state index contributed by atoms with van der Waals surface area (Å²) in [6, 6.07) is 13.1. The Morgan fingerprint density at radius 1 is 1.10 bits per heavy atom. The second kappa shape index (κ2) is 8.73. The number of benzene rings is 2. The van der Waals surface area contributed by atoms with Crippen LogP contribution in [0.4, 0.5) is 15.8 Å². The number of hydrogen-bond donors (Lipinski definition) is 5. The maximum atomic E-state index is 13.1. The Morgan fingerprint density at radius 2 is 1.84 bits per heavy atom. The highest BCUT2D eigenvalue weighted by atomic mass is 19.1. The molecule has 4 rings (SSSR count). The van der Waals surface area contributed by atoms with Crippen molar-refractivity contribution in [2.75, 3.05) is 10.6 Å². The molecule has 9 heteroatoms. The van der Waals surface area contributed by atoms with E-state index in [-0.39, 0.29) is 30.0 Å². The summed E-state index contributed by atoms with van der Waals surface area (Å²) in [5, 5.41) is 14.5. The van der Waals surface area contributed by atoms with Crippen LogP contribution in [0.25, 0.3) is 0 Å². The SMILES string of the molecule is CCc1ccccc1NC(=O)C1CC(=O)NC2NC(Nc3ccc(F)cc3)NC(=O)C21. The van der Waals surface area contributed by atoms with Crippen LogP contribution in [0.3, 0.4) is 0 Å². The van der Waals surface area contributed by atoms with Gasteiger partial charge in [0.25, 0.3) is 0 Å². The molecule has 0 spiro atoms. The maximum absolute atomic E-state index is 13.1. The zero-order valence-electron chi connectivity index (χ0n) is 16.9. The van der Waals surface area contributed by atoms with Gasteiger partial charge >= 0.3 is 0 Å². The quantitative estimate of drug-likeness (QED) is 0.499. The van der Waals surface area contributed by atoms with Gasteiger partial charge in [0, 0.05) is 17.8 Å². The summed E-state index contributed by atoms with van der Waals surface area (Å²) >= 11 is 0. The van der Waals surface area contributed by atoms with Crippen molar-refractivity contribution in [1.29, 1.82) is 0 Å². The number of anilines is 2. The lowest BCUT2D eigenvalue weighted by Gasteiger charge is -2.43. The number of carbonyl (C=O) groups is 3. The van der Waals surface area contributed by atoms with Crippen LogP contribution in [0.2, 0.25) is 0 Å². The van der Waals surface area contributed by atoms with Crippen LogP contribution in [0.1, 0.15) is 18.9 Å². The fraction of sp³-hybridized carbons (Fsp3) is 0.318. The van der Waals surface area contributed by atoms with Gasteiger partial charge in [-0.3, -0.25) is 19.7 Å². The van der Waals surface area contributed by atoms with E-state index in [9.17, 15) is 18.8 Å². The van der Waals surface area contributed by atoms with Crippen molar-refractivity contribution in [3.8, 4) is 0 Å². The lowest BCUT2D eigenvalue weighted by atomic mass is 9.81. The third-order valence-corrected chi connectivity index (χ3v) is 5.60. The zero-order chi connectivity index (χ0) is 22.0. The number of halogens is 1. The number of para-hydroxylation sites is 1.